The number of rotatable bonds is 4. The number of hydrogen-bond donors (Lipinski definition) is 2. The molecule has 17 heavy (non-hydrogen) atoms. The van der Waals surface area contributed by atoms with Gasteiger partial charge in [-0.25, -0.2) is 4.98 Å². The Kier molecular flexibility index (Phi) is 3.32. The maximum Gasteiger partial charge on any atom is 0.110 e. The summed E-state index contributed by atoms with van der Waals surface area (Å²) >= 11 is 0. The molecule has 2 aromatic rings. The topological polar surface area (TPSA) is 55.9 Å². The average molecular weight is 230 g/mol. The third kappa shape index (κ3) is 2.78. The van der Waals surface area contributed by atoms with Crippen molar-refractivity contribution in [1.29, 1.82) is 0 Å². The van der Waals surface area contributed by atoms with Crippen LogP contribution in [0.3, 0.4) is 0 Å². The number of imidazole rings is 1. The minimum atomic E-state index is 0.796. The van der Waals surface area contributed by atoms with Crippen molar-refractivity contribution in [2.75, 3.05) is 17.6 Å². The van der Waals surface area contributed by atoms with E-state index < -0.39 is 0 Å². The first-order valence-electron chi connectivity index (χ1n) is 5.73. The van der Waals surface area contributed by atoms with Crippen molar-refractivity contribution in [3.8, 4) is 0 Å². The number of aromatic nitrogens is 2. The molecule has 1 aromatic heterocycles. The summed E-state index contributed by atoms with van der Waals surface area (Å²) in [6.45, 7) is 2.87. The monoisotopic (exact) mass is 230 g/mol. The second-order valence-electron chi connectivity index (χ2n) is 4.22. The predicted octanol–water partition coefficient (Wildman–Crippen LogP) is 1.97. The fourth-order valence-corrected chi connectivity index (χ4v) is 1.79. The second kappa shape index (κ2) is 4.91. The minimum Gasteiger partial charge on any atom is -0.397 e. The van der Waals surface area contributed by atoms with Crippen molar-refractivity contribution in [1.82, 2.24) is 9.55 Å². The molecule has 0 saturated heterocycles. The molecular weight excluding hydrogens is 212 g/mol. The molecule has 4 nitrogen and oxygen atoms in total. The number of nitrogen functional groups attached to an aromatic ring is 1. The lowest BCUT2D eigenvalue weighted by atomic mass is 10.2. The van der Waals surface area contributed by atoms with Crippen LogP contribution in [0.25, 0.3) is 0 Å². The van der Waals surface area contributed by atoms with Crippen LogP contribution in [-0.4, -0.2) is 16.1 Å². The molecule has 0 radical (unpaired) electrons. The van der Waals surface area contributed by atoms with Crippen molar-refractivity contribution in [3.05, 3.63) is 42.0 Å². The smallest absolute Gasteiger partial charge is 0.110 e. The van der Waals surface area contributed by atoms with Crippen LogP contribution in [0.5, 0.6) is 0 Å². The van der Waals surface area contributed by atoms with E-state index >= 15 is 0 Å². The quantitative estimate of drug-likeness (QED) is 0.789. The van der Waals surface area contributed by atoms with Gasteiger partial charge in [0.05, 0.1) is 11.4 Å². The minimum absolute atomic E-state index is 0.796. The number of aryl methyl sites for hydroxylation is 2. The third-order valence-electron chi connectivity index (χ3n) is 2.79. The zero-order valence-corrected chi connectivity index (χ0v) is 10.3. The lowest BCUT2D eigenvalue weighted by Crippen LogP contribution is -2.09. The standard InChI is InChI=1S/C13H18N4/c1-10-3-4-12(11(14)9-10)15-6-5-13-16-7-8-17(13)2/h3-4,7-9,15H,5-6,14H2,1-2H3. The van der Waals surface area contributed by atoms with Crippen molar-refractivity contribution in [2.24, 2.45) is 7.05 Å². The summed E-state index contributed by atoms with van der Waals surface area (Å²) in [6, 6.07) is 6.05. The van der Waals surface area contributed by atoms with Crippen LogP contribution in [-0.2, 0) is 13.5 Å². The van der Waals surface area contributed by atoms with Crippen LogP contribution in [0, 0.1) is 6.92 Å². The van der Waals surface area contributed by atoms with Crippen molar-refractivity contribution >= 4 is 11.4 Å². The maximum absolute atomic E-state index is 5.93. The largest absolute Gasteiger partial charge is 0.397 e. The summed E-state index contributed by atoms with van der Waals surface area (Å²) in [5.74, 6) is 1.07. The molecule has 0 spiro atoms. The SMILES string of the molecule is Cc1ccc(NCCc2nccn2C)c(N)c1. The molecule has 3 N–H and O–H groups in total. The molecule has 1 aromatic carbocycles. The van der Waals surface area contributed by atoms with Gasteiger partial charge in [-0.3, -0.25) is 0 Å². The van der Waals surface area contributed by atoms with Gasteiger partial charge in [0.1, 0.15) is 5.82 Å². The second-order valence-corrected chi connectivity index (χ2v) is 4.22. The summed E-state index contributed by atoms with van der Waals surface area (Å²) in [5.41, 5.74) is 8.89. The number of nitrogens with two attached hydrogens (primary N) is 1. The first-order valence-corrected chi connectivity index (χ1v) is 5.73. The van der Waals surface area contributed by atoms with Crippen LogP contribution in [0.2, 0.25) is 0 Å². The van der Waals surface area contributed by atoms with E-state index in [2.05, 4.69) is 16.4 Å². The van der Waals surface area contributed by atoms with E-state index in [9.17, 15) is 0 Å². The Hall–Kier alpha value is -1.97. The Labute approximate surface area is 101 Å². The molecule has 0 aliphatic carbocycles. The van der Waals surface area contributed by atoms with Crippen molar-refractivity contribution in [2.45, 2.75) is 13.3 Å². The number of nitrogens with one attached hydrogen (secondary N) is 1. The normalized spacial score (nSPS) is 10.5. The highest BCUT2D eigenvalue weighted by Gasteiger charge is 2.01. The molecule has 0 unspecified atom stereocenters. The lowest BCUT2D eigenvalue weighted by molar-refractivity contribution is 0.790. The van der Waals surface area contributed by atoms with E-state index in [1.807, 2.05) is 43.1 Å². The molecule has 0 saturated carbocycles. The molecular formula is C13H18N4. The van der Waals surface area contributed by atoms with Crippen LogP contribution in [0.15, 0.2) is 30.6 Å². The van der Waals surface area contributed by atoms with E-state index in [4.69, 9.17) is 5.73 Å². The highest BCUT2D eigenvalue weighted by atomic mass is 15.0. The zero-order chi connectivity index (χ0) is 12.3. The molecule has 0 aliphatic heterocycles. The summed E-state index contributed by atoms with van der Waals surface area (Å²) in [5, 5.41) is 3.33. The highest BCUT2D eigenvalue weighted by Crippen LogP contribution is 2.19. The first-order chi connectivity index (χ1) is 8.16. The zero-order valence-electron chi connectivity index (χ0n) is 10.3. The molecule has 2 rings (SSSR count). The molecule has 4 heteroatoms. The number of hydrogen-bond acceptors (Lipinski definition) is 3. The van der Waals surface area contributed by atoms with E-state index in [1.54, 1.807) is 0 Å². The first kappa shape index (κ1) is 11.5. The fourth-order valence-electron chi connectivity index (χ4n) is 1.79. The molecule has 0 fully saturated rings. The van der Waals surface area contributed by atoms with Crippen molar-refractivity contribution in [3.63, 3.8) is 0 Å². The van der Waals surface area contributed by atoms with Crippen LogP contribution in [0.1, 0.15) is 11.4 Å². The van der Waals surface area contributed by atoms with Crippen LogP contribution < -0.4 is 11.1 Å². The van der Waals surface area contributed by atoms with E-state index in [0.717, 1.165) is 30.2 Å². The highest BCUT2D eigenvalue weighted by molar-refractivity contribution is 5.66. The summed E-state index contributed by atoms with van der Waals surface area (Å²) in [4.78, 5) is 4.28. The van der Waals surface area contributed by atoms with Crippen LogP contribution in [0.4, 0.5) is 11.4 Å². The molecule has 0 bridgehead atoms. The van der Waals surface area contributed by atoms with Crippen LogP contribution >= 0.6 is 0 Å². The van der Waals surface area contributed by atoms with Gasteiger partial charge in [0.2, 0.25) is 0 Å². The molecule has 0 aliphatic rings. The average Bonchev–Trinajstić information content (AvgIpc) is 2.68. The van der Waals surface area contributed by atoms with Gasteiger partial charge < -0.3 is 15.6 Å². The van der Waals surface area contributed by atoms with Gasteiger partial charge in [-0.05, 0) is 24.6 Å². The number of benzene rings is 1. The van der Waals surface area contributed by atoms with Gasteiger partial charge in [-0.1, -0.05) is 6.07 Å². The summed E-state index contributed by atoms with van der Waals surface area (Å²) < 4.78 is 2.03. The Bertz CT molecular complexity index is 502. The Balaban J connectivity index is 1.92. The molecule has 0 amide bonds. The van der Waals surface area contributed by atoms with Gasteiger partial charge in [0.25, 0.3) is 0 Å². The number of anilines is 2. The van der Waals surface area contributed by atoms with Gasteiger partial charge in [0, 0.05) is 32.4 Å². The molecule has 1 heterocycles. The fraction of sp³-hybridized carbons (Fsp3) is 0.308. The van der Waals surface area contributed by atoms with Gasteiger partial charge in [-0.2, -0.15) is 0 Å². The summed E-state index contributed by atoms with van der Waals surface area (Å²) in [6.07, 6.45) is 4.65. The van der Waals surface area contributed by atoms with Gasteiger partial charge >= 0.3 is 0 Å². The Morgan fingerprint density at radius 3 is 2.88 bits per heavy atom. The Morgan fingerprint density at radius 1 is 1.41 bits per heavy atom. The van der Waals surface area contributed by atoms with Crippen molar-refractivity contribution < 1.29 is 0 Å². The molecule has 0 atom stereocenters. The predicted molar refractivity (Wildman–Crippen MR) is 71.0 cm³/mol. The van der Waals surface area contributed by atoms with E-state index in [-0.39, 0.29) is 0 Å². The van der Waals surface area contributed by atoms with E-state index in [0.29, 0.717) is 0 Å². The third-order valence-corrected chi connectivity index (χ3v) is 2.79. The lowest BCUT2D eigenvalue weighted by Gasteiger charge is -2.09. The maximum atomic E-state index is 5.93. The Morgan fingerprint density at radius 2 is 2.24 bits per heavy atom. The van der Waals surface area contributed by atoms with Gasteiger partial charge in [-0.15, -0.1) is 0 Å². The molecule has 90 valence electrons. The summed E-state index contributed by atoms with van der Waals surface area (Å²) in [7, 11) is 2.00. The van der Waals surface area contributed by atoms with Gasteiger partial charge in [0.15, 0.2) is 0 Å². The van der Waals surface area contributed by atoms with E-state index in [1.165, 1.54) is 5.56 Å². The number of nitrogens with zero attached hydrogens (tertiary/aromatic N) is 2.